The van der Waals surface area contributed by atoms with Crippen molar-refractivity contribution in [2.24, 2.45) is 0 Å². The number of hydrogen-bond donors (Lipinski definition) is 2. The highest BCUT2D eigenvalue weighted by atomic mass is 16.3. The largest absolute Gasteiger partial charge is 0.389 e. The van der Waals surface area contributed by atoms with Gasteiger partial charge in [0, 0.05) is 25.2 Å². The Morgan fingerprint density at radius 3 is 2.53 bits per heavy atom. The highest BCUT2D eigenvalue weighted by Crippen LogP contribution is 2.31. The summed E-state index contributed by atoms with van der Waals surface area (Å²) in [6, 6.07) is 1.15. The van der Waals surface area contributed by atoms with Crippen LogP contribution in [0.5, 0.6) is 0 Å². The van der Waals surface area contributed by atoms with Crippen molar-refractivity contribution in [1.29, 1.82) is 0 Å². The molecule has 0 radical (unpaired) electrons. The van der Waals surface area contributed by atoms with Crippen molar-refractivity contribution in [3.63, 3.8) is 0 Å². The van der Waals surface area contributed by atoms with Crippen LogP contribution in [0.1, 0.15) is 52.4 Å². The minimum atomic E-state index is -0.401. The number of piperidine rings is 1. The Balaban J connectivity index is 1.96. The van der Waals surface area contributed by atoms with E-state index >= 15 is 0 Å². The van der Waals surface area contributed by atoms with E-state index in [4.69, 9.17) is 0 Å². The maximum absolute atomic E-state index is 10.6. The minimum absolute atomic E-state index is 0.401. The summed E-state index contributed by atoms with van der Waals surface area (Å²) in [5, 5.41) is 14.1. The predicted molar refractivity (Wildman–Crippen MR) is 71.2 cm³/mol. The number of aliphatic hydroxyl groups is 1. The van der Waals surface area contributed by atoms with E-state index < -0.39 is 5.60 Å². The molecule has 0 amide bonds. The van der Waals surface area contributed by atoms with Crippen LogP contribution in [0.25, 0.3) is 0 Å². The van der Waals surface area contributed by atoms with E-state index in [2.05, 4.69) is 24.1 Å². The van der Waals surface area contributed by atoms with Gasteiger partial charge in [-0.15, -0.1) is 0 Å². The molecule has 2 rings (SSSR count). The quantitative estimate of drug-likeness (QED) is 0.786. The zero-order chi connectivity index (χ0) is 12.3. The Bertz CT molecular complexity index is 230. The summed E-state index contributed by atoms with van der Waals surface area (Å²) in [4.78, 5) is 2.53. The molecule has 1 atom stereocenters. The van der Waals surface area contributed by atoms with Gasteiger partial charge in [0.1, 0.15) is 0 Å². The summed E-state index contributed by atoms with van der Waals surface area (Å²) >= 11 is 0. The molecule has 0 bridgehead atoms. The molecule has 17 heavy (non-hydrogen) atoms. The van der Waals surface area contributed by atoms with E-state index in [9.17, 15) is 5.11 Å². The highest BCUT2D eigenvalue weighted by Gasteiger charge is 2.36. The Hall–Kier alpha value is -0.120. The highest BCUT2D eigenvalue weighted by molar-refractivity contribution is 4.91. The molecule has 0 spiro atoms. The molecule has 1 unspecified atom stereocenters. The first-order valence-corrected chi connectivity index (χ1v) is 7.30. The van der Waals surface area contributed by atoms with Crippen molar-refractivity contribution < 1.29 is 5.11 Å². The monoisotopic (exact) mass is 240 g/mol. The van der Waals surface area contributed by atoms with Gasteiger partial charge in [0.2, 0.25) is 0 Å². The fourth-order valence-electron chi connectivity index (χ4n) is 3.38. The van der Waals surface area contributed by atoms with Crippen LogP contribution in [0, 0.1) is 0 Å². The molecule has 0 aromatic heterocycles. The molecule has 100 valence electrons. The first-order chi connectivity index (χ1) is 8.11. The van der Waals surface area contributed by atoms with Crippen LogP contribution in [0.3, 0.4) is 0 Å². The average molecular weight is 240 g/mol. The first-order valence-electron chi connectivity index (χ1n) is 7.30. The van der Waals surface area contributed by atoms with Gasteiger partial charge in [-0.05, 0) is 46.1 Å². The van der Waals surface area contributed by atoms with Crippen LogP contribution in [0.15, 0.2) is 0 Å². The minimum Gasteiger partial charge on any atom is -0.389 e. The number of hydrogen-bond acceptors (Lipinski definition) is 3. The topological polar surface area (TPSA) is 35.5 Å². The van der Waals surface area contributed by atoms with Gasteiger partial charge in [0.05, 0.1) is 5.60 Å². The molecule has 1 aliphatic heterocycles. The van der Waals surface area contributed by atoms with Gasteiger partial charge in [-0.3, -0.25) is 4.90 Å². The maximum Gasteiger partial charge on any atom is 0.0774 e. The molecule has 3 nitrogen and oxygen atoms in total. The van der Waals surface area contributed by atoms with Crippen LogP contribution in [-0.4, -0.2) is 47.3 Å². The van der Waals surface area contributed by atoms with E-state index in [-0.39, 0.29) is 0 Å². The van der Waals surface area contributed by atoms with Gasteiger partial charge in [-0.1, -0.05) is 12.8 Å². The van der Waals surface area contributed by atoms with Crippen LogP contribution in [-0.2, 0) is 0 Å². The molecule has 1 saturated heterocycles. The van der Waals surface area contributed by atoms with Crippen molar-refractivity contribution in [3.8, 4) is 0 Å². The van der Waals surface area contributed by atoms with E-state index in [1.165, 1.54) is 25.7 Å². The summed E-state index contributed by atoms with van der Waals surface area (Å²) < 4.78 is 0. The lowest BCUT2D eigenvalue weighted by molar-refractivity contribution is -0.0181. The summed E-state index contributed by atoms with van der Waals surface area (Å²) in [6.45, 7) is 7.64. The molecule has 0 aromatic rings. The van der Waals surface area contributed by atoms with Gasteiger partial charge in [0.25, 0.3) is 0 Å². The fraction of sp³-hybridized carbons (Fsp3) is 1.00. The van der Waals surface area contributed by atoms with Crippen molar-refractivity contribution in [3.05, 3.63) is 0 Å². The van der Waals surface area contributed by atoms with E-state index in [1.807, 2.05) is 0 Å². The molecule has 1 saturated carbocycles. The zero-order valence-corrected chi connectivity index (χ0v) is 11.4. The second-order valence-electron chi connectivity index (χ2n) is 6.20. The summed E-state index contributed by atoms with van der Waals surface area (Å²) in [7, 11) is 0. The van der Waals surface area contributed by atoms with E-state index in [0.29, 0.717) is 12.1 Å². The van der Waals surface area contributed by atoms with Crippen LogP contribution >= 0.6 is 0 Å². The SMILES string of the molecule is CC(C)N(CC1(O)CCCC1)C1CCCNC1. The summed E-state index contributed by atoms with van der Waals surface area (Å²) in [5.41, 5.74) is -0.401. The second kappa shape index (κ2) is 5.68. The third-order valence-electron chi connectivity index (χ3n) is 4.41. The Kier molecular flexibility index (Phi) is 4.45. The Morgan fingerprint density at radius 2 is 2.00 bits per heavy atom. The Labute approximate surface area is 106 Å². The number of nitrogens with zero attached hydrogens (tertiary/aromatic N) is 1. The lowest BCUT2D eigenvalue weighted by Gasteiger charge is -2.41. The van der Waals surface area contributed by atoms with Crippen molar-refractivity contribution in [2.45, 2.75) is 70.1 Å². The van der Waals surface area contributed by atoms with Crippen LogP contribution in [0.4, 0.5) is 0 Å². The maximum atomic E-state index is 10.6. The fourth-order valence-corrected chi connectivity index (χ4v) is 3.38. The third-order valence-corrected chi connectivity index (χ3v) is 4.41. The smallest absolute Gasteiger partial charge is 0.0774 e. The third kappa shape index (κ3) is 3.43. The number of nitrogens with one attached hydrogen (secondary N) is 1. The van der Waals surface area contributed by atoms with Gasteiger partial charge in [0.15, 0.2) is 0 Å². The lowest BCUT2D eigenvalue weighted by Crippen LogP contribution is -2.54. The molecular weight excluding hydrogens is 212 g/mol. The first kappa shape index (κ1) is 13.3. The van der Waals surface area contributed by atoms with Gasteiger partial charge in [-0.25, -0.2) is 0 Å². The molecule has 2 N–H and O–H groups in total. The summed E-state index contributed by atoms with van der Waals surface area (Å²) in [5.74, 6) is 0. The molecule has 3 heteroatoms. The summed E-state index contributed by atoms with van der Waals surface area (Å²) in [6.07, 6.45) is 6.94. The standard InChI is InChI=1S/C14H28N2O/c1-12(2)16(13-6-5-9-15-10-13)11-14(17)7-3-4-8-14/h12-13,15,17H,3-11H2,1-2H3. The van der Waals surface area contributed by atoms with E-state index in [0.717, 1.165) is 32.5 Å². The van der Waals surface area contributed by atoms with Crippen LogP contribution in [0.2, 0.25) is 0 Å². The molecule has 1 aliphatic carbocycles. The van der Waals surface area contributed by atoms with Crippen LogP contribution < -0.4 is 5.32 Å². The van der Waals surface area contributed by atoms with Gasteiger partial charge < -0.3 is 10.4 Å². The molecule has 1 heterocycles. The average Bonchev–Trinajstić information content (AvgIpc) is 2.74. The molecule has 0 aromatic carbocycles. The van der Waals surface area contributed by atoms with Crippen molar-refractivity contribution in [1.82, 2.24) is 10.2 Å². The lowest BCUT2D eigenvalue weighted by atomic mass is 9.97. The Morgan fingerprint density at radius 1 is 1.29 bits per heavy atom. The molecule has 2 fully saturated rings. The zero-order valence-electron chi connectivity index (χ0n) is 11.4. The molecule has 2 aliphatic rings. The van der Waals surface area contributed by atoms with E-state index in [1.54, 1.807) is 0 Å². The van der Waals surface area contributed by atoms with Crippen molar-refractivity contribution in [2.75, 3.05) is 19.6 Å². The van der Waals surface area contributed by atoms with Crippen molar-refractivity contribution >= 4 is 0 Å². The normalized spacial score (nSPS) is 29.1. The molecular formula is C14H28N2O. The van der Waals surface area contributed by atoms with Gasteiger partial charge >= 0.3 is 0 Å². The number of rotatable bonds is 4. The second-order valence-corrected chi connectivity index (χ2v) is 6.20. The predicted octanol–water partition coefficient (Wildman–Crippen LogP) is 1.75. The van der Waals surface area contributed by atoms with Gasteiger partial charge in [-0.2, -0.15) is 0 Å².